The van der Waals surface area contributed by atoms with Crippen molar-refractivity contribution in [2.24, 2.45) is 0 Å². The maximum Gasteiger partial charge on any atom is 0.257 e. The average molecular weight is 425 g/mol. The molecule has 0 radical (unpaired) electrons. The molecule has 0 spiro atoms. The minimum absolute atomic E-state index is 0.0325. The van der Waals surface area contributed by atoms with E-state index in [1.165, 1.54) is 0 Å². The van der Waals surface area contributed by atoms with Gasteiger partial charge in [0.2, 0.25) is 0 Å². The summed E-state index contributed by atoms with van der Waals surface area (Å²) in [7, 11) is 0. The van der Waals surface area contributed by atoms with Crippen molar-refractivity contribution in [3.63, 3.8) is 0 Å². The van der Waals surface area contributed by atoms with Crippen LogP contribution in [0.2, 0.25) is 0 Å². The molecule has 4 rings (SSSR count). The smallest absolute Gasteiger partial charge is 0.257 e. The van der Waals surface area contributed by atoms with Gasteiger partial charge in [-0.25, -0.2) is 15.0 Å². The maximum absolute atomic E-state index is 12.9. The largest absolute Gasteiger partial charge is 0.383 e. The van der Waals surface area contributed by atoms with Gasteiger partial charge in [-0.05, 0) is 38.8 Å². The number of nitrogens with zero attached hydrogens (tertiary/aromatic N) is 5. The molecule has 2 N–H and O–H groups in total. The van der Waals surface area contributed by atoms with Crippen LogP contribution in [-0.4, -0.2) is 76.0 Å². The van der Waals surface area contributed by atoms with Crippen LogP contribution in [0, 0.1) is 13.8 Å². The molecule has 164 valence electrons. The number of carbonyl (C=O) groups excluding carboxylic acids is 2. The highest BCUT2D eigenvalue weighted by atomic mass is 16.5. The van der Waals surface area contributed by atoms with Crippen molar-refractivity contribution < 1.29 is 14.3 Å². The topological polar surface area (TPSA) is 115 Å². The fourth-order valence-electron chi connectivity index (χ4n) is 4.18. The molecule has 2 fully saturated rings. The molecular weight excluding hydrogens is 396 g/mol. The maximum atomic E-state index is 12.9. The number of rotatable bonds is 3. The number of ether oxygens (including phenoxy) is 1. The summed E-state index contributed by atoms with van der Waals surface area (Å²) in [5.74, 6) is 0.993. The first-order valence-electron chi connectivity index (χ1n) is 10.7. The van der Waals surface area contributed by atoms with Gasteiger partial charge in [-0.1, -0.05) is 0 Å². The summed E-state index contributed by atoms with van der Waals surface area (Å²) in [4.78, 5) is 42.2. The lowest BCUT2D eigenvalue weighted by Crippen LogP contribution is -2.41. The van der Waals surface area contributed by atoms with E-state index in [0.717, 1.165) is 18.5 Å². The molecular formula is C22H28N6O3. The lowest BCUT2D eigenvalue weighted by atomic mass is 9.92. The minimum Gasteiger partial charge on any atom is -0.383 e. The molecule has 9 nitrogen and oxygen atoms in total. The Morgan fingerprint density at radius 2 is 1.61 bits per heavy atom. The fraction of sp³-hybridized carbons (Fsp3) is 0.500. The number of piperidine rings is 1. The number of aryl methyl sites for hydroxylation is 2. The third kappa shape index (κ3) is 4.51. The number of likely N-dealkylation sites (tertiary alicyclic amines) is 1. The average Bonchev–Trinajstić information content (AvgIpc) is 2.79. The van der Waals surface area contributed by atoms with E-state index in [9.17, 15) is 9.59 Å². The normalized spacial score (nSPS) is 17.6. The molecule has 2 aromatic heterocycles. The van der Waals surface area contributed by atoms with Crippen LogP contribution in [-0.2, 0) is 4.74 Å². The Morgan fingerprint density at radius 1 is 0.968 bits per heavy atom. The highest BCUT2D eigenvalue weighted by molar-refractivity contribution is 5.98. The summed E-state index contributed by atoms with van der Waals surface area (Å²) in [6, 6.07) is 3.67. The van der Waals surface area contributed by atoms with Crippen molar-refractivity contribution in [1.29, 1.82) is 0 Å². The van der Waals surface area contributed by atoms with Crippen LogP contribution in [0.1, 0.15) is 56.7 Å². The van der Waals surface area contributed by atoms with E-state index in [1.807, 2.05) is 24.8 Å². The molecule has 2 aliphatic heterocycles. The Hall–Kier alpha value is -3.07. The molecule has 4 heterocycles. The van der Waals surface area contributed by atoms with Crippen molar-refractivity contribution in [3.8, 4) is 0 Å². The number of hydrogen-bond acceptors (Lipinski definition) is 7. The Kier molecular flexibility index (Phi) is 6.13. The predicted octanol–water partition coefficient (Wildman–Crippen LogP) is 1.56. The van der Waals surface area contributed by atoms with Crippen molar-refractivity contribution >= 4 is 17.6 Å². The zero-order chi connectivity index (χ0) is 22.0. The van der Waals surface area contributed by atoms with Crippen molar-refractivity contribution in [2.75, 3.05) is 45.1 Å². The number of hydrogen-bond donors (Lipinski definition) is 1. The second kappa shape index (κ2) is 8.97. The number of carbonyl (C=O) groups is 2. The SMILES string of the molecule is Cc1ncc(C(=O)N2CCC(c3ccc(C(=O)N4CCOCC4)c(N)n3)CC2)c(C)n1. The van der Waals surface area contributed by atoms with E-state index in [4.69, 9.17) is 10.5 Å². The van der Waals surface area contributed by atoms with Gasteiger partial charge in [-0.15, -0.1) is 0 Å². The molecule has 31 heavy (non-hydrogen) atoms. The third-order valence-electron chi connectivity index (χ3n) is 6.01. The standard InChI is InChI=1S/C22H28N6O3/c1-14-18(13-24-15(2)25-14)22(30)27-7-5-16(6-8-27)19-4-3-17(20(23)26-19)21(29)28-9-11-31-12-10-28/h3-4,13,16H,5-12H2,1-2H3,(H2,23,26). The van der Waals surface area contributed by atoms with Gasteiger partial charge in [0.25, 0.3) is 11.8 Å². The lowest BCUT2D eigenvalue weighted by Gasteiger charge is -2.32. The number of amides is 2. The van der Waals surface area contributed by atoms with Crippen LogP contribution < -0.4 is 5.73 Å². The van der Waals surface area contributed by atoms with Gasteiger partial charge in [-0.3, -0.25) is 9.59 Å². The fourth-order valence-corrected chi connectivity index (χ4v) is 4.18. The second-order valence-corrected chi connectivity index (χ2v) is 8.06. The van der Waals surface area contributed by atoms with Gasteiger partial charge in [0.05, 0.1) is 30.0 Å². The minimum atomic E-state index is -0.101. The quantitative estimate of drug-likeness (QED) is 0.795. The molecule has 2 aliphatic rings. The zero-order valence-electron chi connectivity index (χ0n) is 18.0. The molecule has 2 saturated heterocycles. The number of morpholine rings is 1. The first-order valence-corrected chi connectivity index (χ1v) is 10.7. The van der Waals surface area contributed by atoms with Crippen molar-refractivity contribution in [3.05, 3.63) is 46.7 Å². The highest BCUT2D eigenvalue weighted by Gasteiger charge is 2.28. The van der Waals surface area contributed by atoms with Gasteiger partial charge in [-0.2, -0.15) is 0 Å². The van der Waals surface area contributed by atoms with Crippen molar-refractivity contribution in [2.45, 2.75) is 32.6 Å². The monoisotopic (exact) mass is 424 g/mol. The van der Waals surface area contributed by atoms with E-state index in [1.54, 1.807) is 17.2 Å². The molecule has 0 bridgehead atoms. The first kappa shape index (κ1) is 21.2. The molecule has 0 aliphatic carbocycles. The van der Waals surface area contributed by atoms with Gasteiger partial charge in [0.1, 0.15) is 11.6 Å². The van der Waals surface area contributed by atoms with Crippen LogP contribution in [0.4, 0.5) is 5.82 Å². The molecule has 2 aromatic rings. The van der Waals surface area contributed by atoms with Crippen LogP contribution in [0.5, 0.6) is 0 Å². The van der Waals surface area contributed by atoms with E-state index in [2.05, 4.69) is 15.0 Å². The van der Waals surface area contributed by atoms with Crippen LogP contribution in [0.15, 0.2) is 18.3 Å². The van der Waals surface area contributed by atoms with Crippen LogP contribution in [0.3, 0.4) is 0 Å². The summed E-state index contributed by atoms with van der Waals surface area (Å²) < 4.78 is 5.30. The molecule has 0 unspecified atom stereocenters. The van der Waals surface area contributed by atoms with E-state index in [-0.39, 0.29) is 23.6 Å². The molecule has 0 aromatic carbocycles. The first-order chi connectivity index (χ1) is 14.9. The summed E-state index contributed by atoms with van der Waals surface area (Å²) in [5.41, 5.74) is 8.72. The van der Waals surface area contributed by atoms with E-state index < -0.39 is 0 Å². The predicted molar refractivity (Wildman–Crippen MR) is 115 cm³/mol. The van der Waals surface area contributed by atoms with E-state index >= 15 is 0 Å². The molecule has 9 heteroatoms. The highest BCUT2D eigenvalue weighted by Crippen LogP contribution is 2.29. The molecule has 0 atom stereocenters. The second-order valence-electron chi connectivity index (χ2n) is 8.06. The van der Waals surface area contributed by atoms with Gasteiger partial charge < -0.3 is 20.3 Å². The van der Waals surface area contributed by atoms with Gasteiger partial charge in [0, 0.05) is 44.0 Å². The third-order valence-corrected chi connectivity index (χ3v) is 6.01. The summed E-state index contributed by atoms with van der Waals surface area (Å²) >= 11 is 0. The number of nitrogens with two attached hydrogens (primary N) is 1. The number of anilines is 1. The van der Waals surface area contributed by atoms with Gasteiger partial charge in [0.15, 0.2) is 0 Å². The van der Waals surface area contributed by atoms with Gasteiger partial charge >= 0.3 is 0 Å². The number of pyridine rings is 1. The Balaban J connectivity index is 1.40. The summed E-state index contributed by atoms with van der Waals surface area (Å²) in [5, 5.41) is 0. The number of nitrogen functional groups attached to an aromatic ring is 1. The van der Waals surface area contributed by atoms with Crippen LogP contribution >= 0.6 is 0 Å². The Bertz CT molecular complexity index is 981. The molecule has 0 saturated carbocycles. The van der Waals surface area contributed by atoms with Crippen molar-refractivity contribution in [1.82, 2.24) is 24.8 Å². The molecule has 2 amide bonds. The number of aromatic nitrogens is 3. The Labute approximate surface area is 181 Å². The van der Waals surface area contributed by atoms with Crippen LogP contribution in [0.25, 0.3) is 0 Å². The zero-order valence-corrected chi connectivity index (χ0v) is 18.0. The van der Waals surface area contributed by atoms with E-state index in [0.29, 0.717) is 62.0 Å². The Morgan fingerprint density at radius 3 is 2.26 bits per heavy atom. The lowest BCUT2D eigenvalue weighted by molar-refractivity contribution is 0.0303. The summed E-state index contributed by atoms with van der Waals surface area (Å²) in [6.07, 6.45) is 3.19. The summed E-state index contributed by atoms with van der Waals surface area (Å²) in [6.45, 7) is 7.13.